The van der Waals surface area contributed by atoms with E-state index >= 15 is 0 Å². The van der Waals surface area contributed by atoms with Crippen LogP contribution in [0.3, 0.4) is 0 Å². The van der Waals surface area contributed by atoms with Crippen LogP contribution < -0.4 is 14.2 Å². The average Bonchev–Trinajstić information content (AvgIpc) is 3.96. The van der Waals surface area contributed by atoms with Crippen LogP contribution in [0, 0.1) is 12.9 Å². The summed E-state index contributed by atoms with van der Waals surface area (Å²) in [4.78, 5) is 28.2. The molecule has 0 N–H and O–H groups in total. The SMILES string of the molecule is [B]C([B])(Oc1ccccc1CC(Oc1ncnc2sc(-c3ccc(F)o3)c(-c3ccc(OCCN4CCN(C)CC4)c(Cl)c3C)c12)C(=O)OCC)c1ccnn1CC(F)(F)F. The Balaban J connectivity index is 1.23. The van der Waals surface area contributed by atoms with Gasteiger partial charge < -0.3 is 28.3 Å². The van der Waals surface area contributed by atoms with Crippen molar-refractivity contribution in [2.24, 2.45) is 0 Å². The number of esters is 1. The molecule has 12 nitrogen and oxygen atoms in total. The van der Waals surface area contributed by atoms with Crippen molar-refractivity contribution >= 4 is 54.8 Å². The summed E-state index contributed by atoms with van der Waals surface area (Å²) in [5, 5.41) is 2.17. The Hall–Kier alpha value is -5.10. The molecule has 0 aliphatic carbocycles. The number of hydrogen-bond acceptors (Lipinski definition) is 12. The topological polar surface area (TPSA) is 117 Å². The number of rotatable bonds is 16. The first-order valence-electron chi connectivity index (χ1n) is 19.2. The van der Waals surface area contributed by atoms with E-state index in [2.05, 4.69) is 31.9 Å². The number of thiophene rings is 1. The van der Waals surface area contributed by atoms with Crippen molar-refractivity contribution in [1.82, 2.24) is 29.5 Å². The number of fused-ring (bicyclic) bond motifs is 1. The second-order valence-electron chi connectivity index (χ2n) is 14.4. The van der Waals surface area contributed by atoms with E-state index in [1.165, 1.54) is 41.9 Å². The minimum atomic E-state index is -4.62. The van der Waals surface area contributed by atoms with Gasteiger partial charge in [0.2, 0.25) is 12.0 Å². The molecule has 0 saturated carbocycles. The van der Waals surface area contributed by atoms with Gasteiger partial charge >= 0.3 is 12.1 Å². The summed E-state index contributed by atoms with van der Waals surface area (Å²) in [5.74, 6) is -0.0333. The predicted molar refractivity (Wildman–Crippen MR) is 223 cm³/mol. The number of benzene rings is 2. The molecule has 1 unspecified atom stereocenters. The average molecular weight is 877 g/mol. The van der Waals surface area contributed by atoms with Gasteiger partial charge in [0.15, 0.2) is 0 Å². The number of carbonyl (C=O) groups is 1. The largest absolute Gasteiger partial charge is 0.501 e. The first-order chi connectivity index (χ1) is 29.1. The number of halogens is 5. The van der Waals surface area contributed by atoms with Crippen LogP contribution in [0.1, 0.15) is 23.7 Å². The van der Waals surface area contributed by atoms with Gasteiger partial charge in [-0.2, -0.15) is 22.7 Å². The Morgan fingerprint density at radius 1 is 1.03 bits per heavy atom. The zero-order valence-corrected chi connectivity index (χ0v) is 35.0. The number of alkyl halides is 3. The van der Waals surface area contributed by atoms with Crippen LogP contribution in [-0.4, -0.2) is 116 Å². The van der Waals surface area contributed by atoms with E-state index in [0.717, 1.165) is 38.9 Å². The Morgan fingerprint density at radius 2 is 1.80 bits per heavy atom. The second kappa shape index (κ2) is 18.5. The molecule has 61 heavy (non-hydrogen) atoms. The molecule has 4 aromatic heterocycles. The van der Waals surface area contributed by atoms with Crippen molar-refractivity contribution in [2.75, 3.05) is 53.0 Å². The number of furan rings is 1. The lowest BCUT2D eigenvalue weighted by molar-refractivity contribution is -0.151. The minimum Gasteiger partial charge on any atom is -0.501 e. The summed E-state index contributed by atoms with van der Waals surface area (Å²) in [6, 6.07) is 13.1. The first-order valence-corrected chi connectivity index (χ1v) is 20.4. The number of ether oxygens (including phenoxy) is 4. The molecule has 6 aromatic rings. The van der Waals surface area contributed by atoms with Crippen LogP contribution in [0.25, 0.3) is 32.0 Å². The van der Waals surface area contributed by atoms with Crippen LogP contribution in [0.5, 0.6) is 17.4 Å². The smallest absolute Gasteiger partial charge is 0.408 e. The molecule has 1 aliphatic rings. The van der Waals surface area contributed by atoms with Gasteiger partial charge in [-0.15, -0.1) is 11.3 Å². The second-order valence-corrected chi connectivity index (χ2v) is 15.7. The van der Waals surface area contributed by atoms with E-state index in [-0.39, 0.29) is 36.1 Å². The summed E-state index contributed by atoms with van der Waals surface area (Å²) in [7, 11) is 14.7. The van der Waals surface area contributed by atoms with Gasteiger partial charge in [0, 0.05) is 57.0 Å². The van der Waals surface area contributed by atoms with Crippen molar-refractivity contribution in [2.45, 2.75) is 44.5 Å². The molecule has 316 valence electrons. The Labute approximate surface area is 360 Å². The molecule has 1 saturated heterocycles. The summed E-state index contributed by atoms with van der Waals surface area (Å²) >= 11 is 8.19. The van der Waals surface area contributed by atoms with E-state index in [1.54, 1.807) is 31.2 Å². The maximum atomic E-state index is 14.4. The van der Waals surface area contributed by atoms with Gasteiger partial charge in [-0.05, 0) is 61.9 Å². The highest BCUT2D eigenvalue weighted by Gasteiger charge is 2.35. The van der Waals surface area contributed by atoms with Gasteiger partial charge in [0.25, 0.3) is 6.01 Å². The molecule has 4 radical (unpaired) electrons. The molecule has 20 heteroatoms. The third kappa shape index (κ3) is 10.2. The van der Waals surface area contributed by atoms with Crippen LogP contribution in [0.4, 0.5) is 17.6 Å². The molecule has 0 bridgehead atoms. The zero-order chi connectivity index (χ0) is 43.5. The third-order valence-electron chi connectivity index (χ3n) is 10.0. The van der Waals surface area contributed by atoms with E-state index in [0.29, 0.717) is 59.4 Å². The number of hydrogen-bond donors (Lipinski definition) is 0. The number of carbonyl (C=O) groups excluding carboxylic acids is 1. The number of aromatic nitrogens is 4. The summed E-state index contributed by atoms with van der Waals surface area (Å²) in [6.07, 6.45) is -3.79. The normalized spacial score (nSPS) is 14.6. The summed E-state index contributed by atoms with van der Waals surface area (Å²) in [5.41, 5.74) is 1.85. The maximum absolute atomic E-state index is 14.4. The van der Waals surface area contributed by atoms with Crippen molar-refractivity contribution < 1.29 is 45.7 Å². The highest BCUT2D eigenvalue weighted by atomic mass is 35.5. The molecule has 2 aromatic carbocycles. The van der Waals surface area contributed by atoms with Gasteiger partial charge in [0.05, 0.1) is 33.0 Å². The molecule has 1 fully saturated rings. The number of nitrogens with zero attached hydrogens (tertiary/aromatic N) is 6. The maximum Gasteiger partial charge on any atom is 0.408 e. The van der Waals surface area contributed by atoms with Crippen molar-refractivity contribution in [3.8, 4) is 39.1 Å². The van der Waals surface area contributed by atoms with Crippen LogP contribution in [0.2, 0.25) is 5.02 Å². The monoisotopic (exact) mass is 876 g/mol. The van der Waals surface area contributed by atoms with Crippen LogP contribution >= 0.6 is 22.9 Å². The van der Waals surface area contributed by atoms with Crippen molar-refractivity contribution in [3.05, 3.63) is 95.0 Å². The lowest BCUT2D eigenvalue weighted by atomic mass is 9.63. The molecular weight excluding hydrogens is 838 g/mol. The molecule has 5 heterocycles. The van der Waals surface area contributed by atoms with Gasteiger partial charge in [0.1, 0.15) is 57.3 Å². The molecule has 1 atom stereocenters. The number of likely N-dealkylation sites (N-methyl/N-ethyl adjacent to an activating group) is 1. The highest BCUT2D eigenvalue weighted by Crippen LogP contribution is 2.50. The Kier molecular flexibility index (Phi) is 13.3. The van der Waals surface area contributed by atoms with E-state index in [1.807, 2.05) is 13.0 Å². The fraction of sp³-hybridized carbons (Fsp3) is 0.366. The zero-order valence-electron chi connectivity index (χ0n) is 33.4. The van der Waals surface area contributed by atoms with Gasteiger partial charge in [-0.3, -0.25) is 9.58 Å². The molecule has 0 spiro atoms. The third-order valence-corrected chi connectivity index (χ3v) is 11.6. The minimum absolute atomic E-state index is 0.00727. The Bertz CT molecular complexity index is 2490. The van der Waals surface area contributed by atoms with Crippen molar-refractivity contribution in [3.63, 3.8) is 0 Å². The first kappa shape index (κ1) is 44.0. The predicted octanol–water partition coefficient (Wildman–Crippen LogP) is 7.18. The van der Waals surface area contributed by atoms with Crippen molar-refractivity contribution in [1.29, 1.82) is 0 Å². The lowest BCUT2D eigenvalue weighted by Gasteiger charge is -2.32. The van der Waals surface area contributed by atoms with Crippen LogP contribution in [0.15, 0.2) is 71.5 Å². The molecule has 0 amide bonds. The van der Waals surface area contributed by atoms with Gasteiger partial charge in [-0.1, -0.05) is 35.9 Å². The fourth-order valence-corrected chi connectivity index (χ4v) is 8.30. The quantitative estimate of drug-likeness (QED) is 0.0560. The van der Waals surface area contributed by atoms with Gasteiger partial charge in [-0.25, -0.2) is 14.8 Å². The fourth-order valence-electron chi connectivity index (χ4n) is 6.97. The van der Waals surface area contributed by atoms with E-state index in [4.69, 9.17) is 50.7 Å². The number of para-hydroxylation sites is 1. The van der Waals surface area contributed by atoms with Crippen LogP contribution in [-0.2, 0) is 27.9 Å². The molecular formula is C41H39B2ClF4N6O6S. The highest BCUT2D eigenvalue weighted by molar-refractivity contribution is 7.22. The Morgan fingerprint density at radius 3 is 2.52 bits per heavy atom. The molecule has 1 aliphatic heterocycles. The van der Waals surface area contributed by atoms with E-state index < -0.39 is 36.2 Å². The summed E-state index contributed by atoms with van der Waals surface area (Å²) in [6.45, 7) is 7.03. The standard InChI is InChI=1S/C41H39B2ClF4N6O6S/c1-4-56-39(55)30(21-25-7-5-6-8-27(25)60-41(42,43)31-13-14-51-54(31)22-40(46,47)48)59-37-34-33(36(29-11-12-32(45)58-29)61-38(34)50-23-49-37)26-9-10-28(35(44)24(26)2)57-20-19-53-17-15-52(3)16-18-53/h5-14,23,30H,4,15-22H2,1-3H3. The van der Waals surface area contributed by atoms with E-state index in [9.17, 15) is 22.4 Å². The molecule has 7 rings (SSSR count). The summed E-state index contributed by atoms with van der Waals surface area (Å²) < 4.78 is 84.4. The lowest BCUT2D eigenvalue weighted by Crippen LogP contribution is -2.45. The number of piperazine rings is 1.